The van der Waals surface area contributed by atoms with E-state index < -0.39 is 11.6 Å². The molecule has 0 fully saturated rings. The number of hydrogen-bond acceptors (Lipinski definition) is 4. The van der Waals surface area contributed by atoms with Crippen molar-refractivity contribution in [3.8, 4) is 0 Å². The van der Waals surface area contributed by atoms with Crippen LogP contribution in [0.25, 0.3) is 0 Å². The van der Waals surface area contributed by atoms with Gasteiger partial charge >= 0.3 is 0 Å². The second-order valence-corrected chi connectivity index (χ2v) is 3.95. The van der Waals surface area contributed by atoms with E-state index in [0.29, 0.717) is 17.5 Å². The predicted molar refractivity (Wildman–Crippen MR) is 70.5 cm³/mol. The van der Waals surface area contributed by atoms with Gasteiger partial charge in [0.25, 0.3) is 0 Å². The number of nitrogens with zero attached hydrogens (tertiary/aromatic N) is 2. The molecule has 0 amide bonds. The fourth-order valence-electron chi connectivity index (χ4n) is 1.47. The van der Waals surface area contributed by atoms with Gasteiger partial charge in [0, 0.05) is 24.5 Å². The smallest absolute Gasteiger partial charge is 0.224 e. The number of anilines is 3. The average Bonchev–Trinajstić information content (AvgIpc) is 2.41. The molecule has 0 aliphatic carbocycles. The standard InChI is InChI=1S/C13H14F2N4/c1-2-6-16-13-17-7-5-12(19-13)18-9-3-4-10(14)11(15)8-9/h3-5,7-8H,2,6H2,1H3,(H2,16,17,18,19). The molecule has 2 N–H and O–H groups in total. The molecule has 0 bridgehead atoms. The summed E-state index contributed by atoms with van der Waals surface area (Å²) in [5.41, 5.74) is 0.430. The SMILES string of the molecule is CCCNc1nccc(Nc2ccc(F)c(F)c2)n1. The molecule has 1 aromatic heterocycles. The number of aromatic nitrogens is 2. The van der Waals surface area contributed by atoms with Crippen molar-refractivity contribution in [1.29, 1.82) is 0 Å². The van der Waals surface area contributed by atoms with Gasteiger partial charge in [-0.3, -0.25) is 0 Å². The molecular weight excluding hydrogens is 250 g/mol. The Balaban J connectivity index is 2.11. The molecule has 2 rings (SSSR count). The van der Waals surface area contributed by atoms with E-state index >= 15 is 0 Å². The Morgan fingerprint density at radius 3 is 2.74 bits per heavy atom. The summed E-state index contributed by atoms with van der Waals surface area (Å²) in [6, 6.07) is 5.24. The highest BCUT2D eigenvalue weighted by Gasteiger charge is 2.04. The minimum Gasteiger partial charge on any atom is -0.354 e. The van der Waals surface area contributed by atoms with Crippen molar-refractivity contribution in [3.63, 3.8) is 0 Å². The van der Waals surface area contributed by atoms with Crippen molar-refractivity contribution in [3.05, 3.63) is 42.1 Å². The summed E-state index contributed by atoms with van der Waals surface area (Å²) in [7, 11) is 0. The molecule has 0 aliphatic rings. The van der Waals surface area contributed by atoms with Crippen molar-refractivity contribution in [1.82, 2.24) is 9.97 Å². The molecule has 0 radical (unpaired) electrons. The third-order valence-corrected chi connectivity index (χ3v) is 2.38. The Hall–Kier alpha value is -2.24. The summed E-state index contributed by atoms with van der Waals surface area (Å²) in [5.74, 6) is -0.768. The lowest BCUT2D eigenvalue weighted by molar-refractivity contribution is 0.509. The highest BCUT2D eigenvalue weighted by Crippen LogP contribution is 2.17. The molecule has 1 aromatic carbocycles. The number of nitrogens with one attached hydrogen (secondary N) is 2. The number of hydrogen-bond donors (Lipinski definition) is 2. The first kappa shape index (κ1) is 13.2. The zero-order valence-electron chi connectivity index (χ0n) is 10.5. The van der Waals surface area contributed by atoms with E-state index in [-0.39, 0.29) is 0 Å². The molecule has 100 valence electrons. The minimum atomic E-state index is -0.900. The third-order valence-electron chi connectivity index (χ3n) is 2.38. The second-order valence-electron chi connectivity index (χ2n) is 3.95. The third kappa shape index (κ3) is 3.61. The largest absolute Gasteiger partial charge is 0.354 e. The predicted octanol–water partition coefficient (Wildman–Crippen LogP) is 3.32. The van der Waals surface area contributed by atoms with Crippen LogP contribution in [0.5, 0.6) is 0 Å². The summed E-state index contributed by atoms with van der Waals surface area (Å²) in [4.78, 5) is 8.26. The van der Waals surface area contributed by atoms with Gasteiger partial charge in [-0.1, -0.05) is 6.92 Å². The molecule has 2 aromatic rings. The van der Waals surface area contributed by atoms with Crippen molar-refractivity contribution >= 4 is 17.5 Å². The molecule has 0 spiro atoms. The van der Waals surface area contributed by atoms with Crippen molar-refractivity contribution < 1.29 is 8.78 Å². The van der Waals surface area contributed by atoms with Gasteiger partial charge < -0.3 is 10.6 Å². The summed E-state index contributed by atoms with van der Waals surface area (Å²) in [6.07, 6.45) is 2.55. The average molecular weight is 264 g/mol. The first-order valence-corrected chi connectivity index (χ1v) is 5.98. The molecule has 4 nitrogen and oxygen atoms in total. The fourth-order valence-corrected chi connectivity index (χ4v) is 1.47. The summed E-state index contributed by atoms with van der Waals surface area (Å²) in [5, 5.41) is 5.94. The van der Waals surface area contributed by atoms with Gasteiger partial charge in [-0.2, -0.15) is 4.98 Å². The second kappa shape index (κ2) is 6.08. The normalized spacial score (nSPS) is 10.3. The maximum Gasteiger partial charge on any atom is 0.224 e. The topological polar surface area (TPSA) is 49.8 Å². The van der Waals surface area contributed by atoms with Crippen molar-refractivity contribution in [2.24, 2.45) is 0 Å². The van der Waals surface area contributed by atoms with Gasteiger partial charge in [0.15, 0.2) is 11.6 Å². The number of rotatable bonds is 5. The lowest BCUT2D eigenvalue weighted by Gasteiger charge is -2.08. The van der Waals surface area contributed by atoms with Crippen LogP contribution in [-0.4, -0.2) is 16.5 Å². The van der Waals surface area contributed by atoms with Gasteiger partial charge in [-0.25, -0.2) is 13.8 Å². The summed E-state index contributed by atoms with van der Waals surface area (Å²) >= 11 is 0. The Bertz CT molecular complexity index is 560. The molecule has 0 saturated heterocycles. The Labute approximate surface area is 109 Å². The van der Waals surface area contributed by atoms with Crippen LogP contribution < -0.4 is 10.6 Å². The molecule has 19 heavy (non-hydrogen) atoms. The van der Waals surface area contributed by atoms with Crippen LogP contribution in [0.1, 0.15) is 13.3 Å². The first-order valence-electron chi connectivity index (χ1n) is 5.98. The van der Waals surface area contributed by atoms with Crippen LogP contribution in [0.2, 0.25) is 0 Å². The Kier molecular flexibility index (Phi) is 4.22. The molecule has 1 heterocycles. The molecule has 0 unspecified atom stereocenters. The lowest BCUT2D eigenvalue weighted by atomic mass is 10.3. The molecule has 0 aliphatic heterocycles. The van der Waals surface area contributed by atoms with Gasteiger partial charge in [0.05, 0.1) is 0 Å². The fraction of sp³-hybridized carbons (Fsp3) is 0.231. The van der Waals surface area contributed by atoms with E-state index in [9.17, 15) is 8.78 Å². The zero-order valence-corrected chi connectivity index (χ0v) is 10.5. The zero-order chi connectivity index (χ0) is 13.7. The Morgan fingerprint density at radius 1 is 1.16 bits per heavy atom. The van der Waals surface area contributed by atoms with E-state index in [4.69, 9.17) is 0 Å². The van der Waals surface area contributed by atoms with Crippen molar-refractivity contribution in [2.45, 2.75) is 13.3 Å². The molecule has 0 saturated carbocycles. The van der Waals surface area contributed by atoms with Crippen LogP contribution in [0.3, 0.4) is 0 Å². The van der Waals surface area contributed by atoms with Crippen LogP contribution in [0.15, 0.2) is 30.5 Å². The number of halogens is 2. The maximum absolute atomic E-state index is 13.1. The van der Waals surface area contributed by atoms with E-state index in [1.165, 1.54) is 6.07 Å². The number of benzene rings is 1. The minimum absolute atomic E-state index is 0.430. The van der Waals surface area contributed by atoms with E-state index in [2.05, 4.69) is 20.6 Å². The lowest BCUT2D eigenvalue weighted by Crippen LogP contribution is -2.05. The van der Waals surface area contributed by atoms with Gasteiger partial charge in [-0.15, -0.1) is 0 Å². The van der Waals surface area contributed by atoms with Crippen molar-refractivity contribution in [2.75, 3.05) is 17.2 Å². The summed E-state index contributed by atoms with van der Waals surface area (Å²) < 4.78 is 25.9. The molecular formula is C13H14F2N4. The maximum atomic E-state index is 13.1. The van der Waals surface area contributed by atoms with E-state index in [1.807, 2.05) is 6.92 Å². The Morgan fingerprint density at radius 2 is 2.00 bits per heavy atom. The monoisotopic (exact) mass is 264 g/mol. The first-order chi connectivity index (χ1) is 9.19. The molecule has 0 atom stereocenters. The highest BCUT2D eigenvalue weighted by molar-refractivity contribution is 5.56. The van der Waals surface area contributed by atoms with Crippen LogP contribution in [0, 0.1) is 11.6 Å². The van der Waals surface area contributed by atoms with Crippen LogP contribution in [0.4, 0.5) is 26.2 Å². The van der Waals surface area contributed by atoms with Gasteiger partial charge in [0.1, 0.15) is 5.82 Å². The van der Waals surface area contributed by atoms with Crippen LogP contribution >= 0.6 is 0 Å². The van der Waals surface area contributed by atoms with E-state index in [0.717, 1.165) is 25.1 Å². The van der Waals surface area contributed by atoms with E-state index in [1.54, 1.807) is 12.3 Å². The van der Waals surface area contributed by atoms with Crippen LogP contribution in [-0.2, 0) is 0 Å². The quantitative estimate of drug-likeness (QED) is 0.869. The van der Waals surface area contributed by atoms with Gasteiger partial charge in [-0.05, 0) is 24.6 Å². The van der Waals surface area contributed by atoms with Gasteiger partial charge in [0.2, 0.25) is 5.95 Å². The molecule has 6 heteroatoms. The highest BCUT2D eigenvalue weighted by atomic mass is 19.2. The summed E-state index contributed by atoms with van der Waals surface area (Å²) in [6.45, 7) is 2.81.